The number of rotatable bonds is 5. The van der Waals surface area contributed by atoms with E-state index in [2.05, 4.69) is 25.3 Å². The average Bonchev–Trinajstić information content (AvgIpc) is 2.96. The molecule has 2 aliphatic heterocycles. The maximum Gasteiger partial charge on any atom is 0.296 e. The van der Waals surface area contributed by atoms with Crippen molar-refractivity contribution in [3.05, 3.63) is 23.6 Å². The number of allylic oxidation sites excluding steroid dienone is 2. The van der Waals surface area contributed by atoms with Crippen LogP contribution in [0, 0.1) is 5.92 Å². The Morgan fingerprint density at radius 3 is 1.97 bits per heavy atom. The van der Waals surface area contributed by atoms with Gasteiger partial charge in [-0.15, -0.1) is 0 Å². The molecule has 0 saturated carbocycles. The number of Topliss-reactive ketones (excluding diaryl/α,β-unsaturated/α-hetero) is 1. The third-order valence-electron chi connectivity index (χ3n) is 4.61. The van der Waals surface area contributed by atoms with Crippen LogP contribution in [0.5, 0.6) is 0 Å². The SMILES string of the molecule is C=C(/C=C\C)S(=O)(=O)OC1CC2CCC(C1C(C)=O)N2C.CC.CC.CC.CCC. The smallest absolute Gasteiger partial charge is 0.296 e. The Kier molecular flexibility index (Phi) is 21.0. The van der Waals surface area contributed by atoms with E-state index in [0.717, 1.165) is 12.8 Å². The molecule has 5 nitrogen and oxygen atoms in total. The van der Waals surface area contributed by atoms with Gasteiger partial charge in [-0.3, -0.25) is 13.9 Å². The summed E-state index contributed by atoms with van der Waals surface area (Å²) in [6.45, 7) is 23.0. The Hall–Kier alpha value is -0.980. The van der Waals surface area contributed by atoms with Crippen LogP contribution in [-0.4, -0.2) is 44.3 Å². The molecule has 2 rings (SSSR count). The van der Waals surface area contributed by atoms with Crippen molar-refractivity contribution in [2.75, 3.05) is 7.05 Å². The first-order valence-corrected chi connectivity index (χ1v) is 13.1. The summed E-state index contributed by atoms with van der Waals surface area (Å²) in [5.74, 6) is -0.397. The zero-order chi connectivity index (χ0) is 24.5. The molecule has 2 heterocycles. The number of hydrogen-bond acceptors (Lipinski definition) is 5. The molecule has 0 amide bonds. The number of fused-ring (bicyclic) bond motifs is 2. The van der Waals surface area contributed by atoms with E-state index in [-0.39, 0.29) is 22.6 Å². The van der Waals surface area contributed by atoms with Crippen LogP contribution in [0.25, 0.3) is 0 Å². The summed E-state index contributed by atoms with van der Waals surface area (Å²) < 4.78 is 29.7. The van der Waals surface area contributed by atoms with Gasteiger partial charge in [0.25, 0.3) is 10.1 Å². The van der Waals surface area contributed by atoms with Crippen molar-refractivity contribution in [2.45, 2.75) is 113 Å². The number of nitrogens with zero attached hydrogens (tertiary/aromatic N) is 1. The second kappa shape index (κ2) is 18.8. The van der Waals surface area contributed by atoms with Gasteiger partial charge < -0.3 is 0 Å². The molecule has 0 spiro atoms. The third kappa shape index (κ3) is 10.4. The highest BCUT2D eigenvalue weighted by Crippen LogP contribution is 2.40. The number of ketones is 1. The van der Waals surface area contributed by atoms with Crippen LogP contribution in [0.1, 0.15) is 94.9 Å². The number of hydrogen-bond donors (Lipinski definition) is 0. The van der Waals surface area contributed by atoms with Crippen LogP contribution in [0.4, 0.5) is 0 Å². The lowest BCUT2D eigenvalue weighted by molar-refractivity contribution is -0.128. The summed E-state index contributed by atoms with van der Waals surface area (Å²) >= 11 is 0. The molecule has 0 N–H and O–H groups in total. The maximum absolute atomic E-state index is 12.2. The zero-order valence-corrected chi connectivity index (χ0v) is 22.3. The molecule has 6 heteroatoms. The molecule has 0 aromatic heterocycles. The van der Waals surface area contributed by atoms with Crippen molar-refractivity contribution in [1.82, 2.24) is 4.90 Å². The van der Waals surface area contributed by atoms with Crippen molar-refractivity contribution < 1.29 is 17.4 Å². The van der Waals surface area contributed by atoms with Gasteiger partial charge in [-0.25, -0.2) is 0 Å². The van der Waals surface area contributed by atoms with Gasteiger partial charge in [0.1, 0.15) is 5.78 Å². The van der Waals surface area contributed by atoms with Gasteiger partial charge in [0.15, 0.2) is 0 Å². The Bertz CT molecular complexity index is 584. The Morgan fingerprint density at radius 1 is 1.10 bits per heavy atom. The minimum atomic E-state index is -3.88. The van der Waals surface area contributed by atoms with Gasteiger partial charge in [-0.1, -0.05) is 74.5 Å². The molecule has 2 saturated heterocycles. The molecule has 30 heavy (non-hydrogen) atoms. The minimum Gasteiger partial charge on any atom is -0.300 e. The molecule has 2 bridgehead atoms. The quantitative estimate of drug-likeness (QED) is 0.362. The summed E-state index contributed by atoms with van der Waals surface area (Å²) in [4.78, 5) is 14.1. The molecule has 4 unspecified atom stereocenters. The van der Waals surface area contributed by atoms with Crippen LogP contribution in [-0.2, 0) is 19.1 Å². The number of carbonyl (C=O) groups excluding carboxylic acids is 1. The molecular formula is C24H49NO4S. The van der Waals surface area contributed by atoms with Crippen LogP contribution >= 0.6 is 0 Å². The largest absolute Gasteiger partial charge is 0.300 e. The van der Waals surface area contributed by atoms with Crippen molar-refractivity contribution in [3.63, 3.8) is 0 Å². The summed E-state index contributed by atoms with van der Waals surface area (Å²) in [7, 11) is -1.88. The molecule has 180 valence electrons. The number of piperidine rings is 1. The van der Waals surface area contributed by atoms with Gasteiger partial charge in [0.05, 0.1) is 16.9 Å². The van der Waals surface area contributed by atoms with Crippen LogP contribution < -0.4 is 0 Å². The summed E-state index contributed by atoms with van der Waals surface area (Å²) in [6.07, 6.45) is 6.15. The fourth-order valence-corrected chi connectivity index (χ4v) is 4.50. The fourth-order valence-electron chi connectivity index (χ4n) is 3.55. The fraction of sp³-hybridized carbons (Fsp3) is 0.792. The molecular weight excluding hydrogens is 398 g/mol. The average molecular weight is 448 g/mol. The van der Waals surface area contributed by atoms with E-state index in [1.807, 2.05) is 48.6 Å². The van der Waals surface area contributed by atoms with E-state index >= 15 is 0 Å². The highest BCUT2D eigenvalue weighted by Gasteiger charge is 2.49. The van der Waals surface area contributed by atoms with E-state index in [1.165, 1.54) is 19.4 Å². The Balaban J connectivity index is -0.000000709. The van der Waals surface area contributed by atoms with E-state index < -0.39 is 16.2 Å². The normalized spacial score (nSPS) is 24.6. The van der Waals surface area contributed by atoms with Gasteiger partial charge in [-0.2, -0.15) is 8.42 Å². The highest BCUT2D eigenvalue weighted by molar-refractivity contribution is 7.90. The van der Waals surface area contributed by atoms with Crippen LogP contribution in [0.2, 0.25) is 0 Å². The van der Waals surface area contributed by atoms with Crippen LogP contribution in [0.15, 0.2) is 23.6 Å². The lowest BCUT2D eigenvalue weighted by Crippen LogP contribution is -2.52. The summed E-state index contributed by atoms with van der Waals surface area (Å²) in [5, 5.41) is 0. The second-order valence-electron chi connectivity index (χ2n) is 6.60. The minimum absolute atomic E-state index is 0.0101. The first-order valence-electron chi connectivity index (χ1n) is 11.7. The van der Waals surface area contributed by atoms with Gasteiger partial charge in [-0.05, 0) is 46.2 Å². The van der Waals surface area contributed by atoms with Crippen molar-refractivity contribution in [3.8, 4) is 0 Å². The summed E-state index contributed by atoms with van der Waals surface area (Å²) in [5.41, 5.74) is 0. The van der Waals surface area contributed by atoms with Gasteiger partial charge in [0.2, 0.25) is 0 Å². The van der Waals surface area contributed by atoms with E-state index in [1.54, 1.807) is 13.0 Å². The zero-order valence-electron chi connectivity index (χ0n) is 21.5. The van der Waals surface area contributed by atoms with E-state index in [0.29, 0.717) is 12.5 Å². The third-order valence-corrected chi connectivity index (χ3v) is 5.89. The predicted octanol–water partition coefficient (Wildman–Crippen LogP) is 6.36. The first-order chi connectivity index (χ1) is 14.2. The lowest BCUT2D eigenvalue weighted by Gasteiger charge is -2.41. The Labute approximate surface area is 188 Å². The topological polar surface area (TPSA) is 63.7 Å². The van der Waals surface area contributed by atoms with Crippen molar-refractivity contribution in [2.24, 2.45) is 5.92 Å². The van der Waals surface area contributed by atoms with Crippen molar-refractivity contribution in [1.29, 1.82) is 0 Å². The number of carbonyl (C=O) groups is 1. The summed E-state index contributed by atoms with van der Waals surface area (Å²) in [6, 6.07) is 0.372. The molecule has 4 atom stereocenters. The standard InChI is InChI=1S/C15H23NO4S.C3H8.3C2H6/c1-5-6-10(2)21(18,19)20-14-9-12-7-8-13(16(12)4)15(14)11(3)17;1-3-2;3*1-2/h5-6,12-15H,2,7-9H2,1,3-4H3;3H2,1-2H3;3*1-2H3/b6-5-;;;;. The lowest BCUT2D eigenvalue weighted by atomic mass is 9.85. The van der Waals surface area contributed by atoms with E-state index in [9.17, 15) is 13.2 Å². The maximum atomic E-state index is 12.2. The van der Waals surface area contributed by atoms with Crippen LogP contribution in [0.3, 0.4) is 0 Å². The molecule has 0 aromatic carbocycles. The first kappa shape index (κ1) is 33.7. The highest BCUT2D eigenvalue weighted by atomic mass is 32.2. The molecule has 2 fully saturated rings. The Morgan fingerprint density at radius 2 is 1.57 bits per heavy atom. The van der Waals surface area contributed by atoms with E-state index in [4.69, 9.17) is 4.18 Å². The van der Waals surface area contributed by atoms with Crippen molar-refractivity contribution >= 4 is 15.9 Å². The molecule has 0 radical (unpaired) electrons. The molecule has 0 aromatic rings. The molecule has 2 aliphatic rings. The van der Waals surface area contributed by atoms with Gasteiger partial charge >= 0.3 is 0 Å². The van der Waals surface area contributed by atoms with Gasteiger partial charge in [0, 0.05) is 12.1 Å². The predicted molar refractivity (Wildman–Crippen MR) is 131 cm³/mol. The monoisotopic (exact) mass is 447 g/mol. The second-order valence-corrected chi connectivity index (χ2v) is 8.22. The molecule has 0 aliphatic carbocycles.